The molecule has 0 saturated heterocycles. The number of hydrogen-bond donors (Lipinski definition) is 1. The molecule has 1 aromatic heterocycles. The Morgan fingerprint density at radius 1 is 1.33 bits per heavy atom. The van der Waals surface area contributed by atoms with Crippen LogP contribution in [0.4, 0.5) is 13.2 Å². The second-order valence-corrected chi connectivity index (χ2v) is 4.81. The maximum Gasteiger partial charge on any atom is 0.401 e. The molecule has 1 fully saturated rings. The molecule has 0 bridgehead atoms. The van der Waals surface area contributed by atoms with Gasteiger partial charge in [-0.15, -0.1) is 0 Å². The van der Waals surface area contributed by atoms with E-state index in [-0.39, 0.29) is 6.54 Å². The zero-order valence-corrected chi connectivity index (χ0v) is 10.3. The van der Waals surface area contributed by atoms with Gasteiger partial charge < -0.3 is 9.73 Å². The minimum Gasteiger partial charge on any atom is -0.463 e. The van der Waals surface area contributed by atoms with Crippen molar-refractivity contribution in [2.24, 2.45) is 0 Å². The molecule has 3 nitrogen and oxygen atoms in total. The first kappa shape index (κ1) is 13.4. The lowest BCUT2D eigenvalue weighted by Gasteiger charge is -2.16. The molecule has 1 heterocycles. The van der Waals surface area contributed by atoms with Crippen LogP contribution in [0.15, 0.2) is 16.5 Å². The summed E-state index contributed by atoms with van der Waals surface area (Å²) in [4.78, 5) is 1.19. The second kappa shape index (κ2) is 5.32. The third-order valence-corrected chi connectivity index (χ3v) is 2.73. The monoisotopic (exact) mass is 262 g/mol. The number of alkyl halides is 3. The van der Waals surface area contributed by atoms with Gasteiger partial charge in [0, 0.05) is 6.04 Å². The van der Waals surface area contributed by atoms with Gasteiger partial charge in [-0.2, -0.15) is 13.2 Å². The van der Waals surface area contributed by atoms with Gasteiger partial charge in [0.2, 0.25) is 0 Å². The molecule has 2 rings (SSSR count). The van der Waals surface area contributed by atoms with Crippen LogP contribution >= 0.6 is 0 Å². The molecule has 1 saturated carbocycles. The molecule has 0 unspecified atom stereocenters. The standard InChI is InChI=1S/C12H17F3N2O/c1-17(8-12(13,14)15)7-11-5-4-10(18-11)6-16-9-2-3-9/h4-5,9,16H,2-3,6-8H2,1H3. The van der Waals surface area contributed by atoms with Gasteiger partial charge >= 0.3 is 6.18 Å². The number of nitrogens with zero attached hydrogens (tertiary/aromatic N) is 1. The average molecular weight is 262 g/mol. The van der Waals surface area contributed by atoms with Crippen LogP contribution in [0.1, 0.15) is 24.4 Å². The molecular formula is C12H17F3N2O. The Kier molecular flexibility index (Phi) is 3.97. The number of halogens is 3. The van der Waals surface area contributed by atoms with Crippen molar-refractivity contribution in [3.63, 3.8) is 0 Å². The van der Waals surface area contributed by atoms with Crippen LogP contribution in [-0.4, -0.2) is 30.7 Å². The van der Waals surface area contributed by atoms with Crippen LogP contribution in [-0.2, 0) is 13.1 Å². The van der Waals surface area contributed by atoms with Crippen LogP contribution < -0.4 is 5.32 Å². The molecule has 0 atom stereocenters. The van der Waals surface area contributed by atoms with Gasteiger partial charge in [-0.25, -0.2) is 0 Å². The topological polar surface area (TPSA) is 28.4 Å². The molecule has 18 heavy (non-hydrogen) atoms. The first-order valence-corrected chi connectivity index (χ1v) is 5.98. The molecule has 102 valence electrons. The van der Waals surface area contributed by atoms with E-state index in [0.29, 0.717) is 18.3 Å². The SMILES string of the molecule is CN(Cc1ccc(CNC2CC2)o1)CC(F)(F)F. The van der Waals surface area contributed by atoms with E-state index >= 15 is 0 Å². The fraction of sp³-hybridized carbons (Fsp3) is 0.667. The van der Waals surface area contributed by atoms with Crippen molar-refractivity contribution in [2.45, 2.75) is 38.1 Å². The maximum absolute atomic E-state index is 12.1. The molecule has 0 aromatic carbocycles. The third kappa shape index (κ3) is 4.70. The molecule has 0 aliphatic heterocycles. The third-order valence-electron chi connectivity index (χ3n) is 2.73. The lowest BCUT2D eigenvalue weighted by atomic mass is 10.4. The Morgan fingerprint density at radius 3 is 2.61 bits per heavy atom. The average Bonchev–Trinajstić information content (AvgIpc) is 2.94. The fourth-order valence-corrected chi connectivity index (χ4v) is 1.76. The summed E-state index contributed by atoms with van der Waals surface area (Å²) >= 11 is 0. The molecule has 1 aromatic rings. The normalized spacial score (nSPS) is 16.5. The molecule has 6 heteroatoms. The minimum atomic E-state index is -4.17. The first-order chi connectivity index (χ1) is 8.42. The summed E-state index contributed by atoms with van der Waals surface area (Å²) in [5.74, 6) is 1.34. The zero-order chi connectivity index (χ0) is 13.2. The smallest absolute Gasteiger partial charge is 0.401 e. The van der Waals surface area contributed by atoms with Gasteiger partial charge in [-0.05, 0) is 32.0 Å². The van der Waals surface area contributed by atoms with Gasteiger partial charge in [-0.1, -0.05) is 0 Å². The van der Waals surface area contributed by atoms with Crippen LogP contribution in [0.2, 0.25) is 0 Å². The lowest BCUT2D eigenvalue weighted by Crippen LogP contribution is -2.30. The van der Waals surface area contributed by atoms with Crippen molar-refractivity contribution in [2.75, 3.05) is 13.6 Å². The summed E-state index contributed by atoms with van der Waals surface area (Å²) in [7, 11) is 1.43. The van der Waals surface area contributed by atoms with E-state index in [2.05, 4.69) is 5.32 Å². The Labute approximate surface area is 104 Å². The first-order valence-electron chi connectivity index (χ1n) is 5.98. The highest BCUT2D eigenvalue weighted by Crippen LogP contribution is 2.20. The summed E-state index contributed by atoms with van der Waals surface area (Å²) in [5.41, 5.74) is 0. The minimum absolute atomic E-state index is 0.170. The zero-order valence-electron chi connectivity index (χ0n) is 10.3. The fourth-order valence-electron chi connectivity index (χ4n) is 1.76. The molecule has 0 radical (unpaired) electrons. The predicted octanol–water partition coefficient (Wildman–Crippen LogP) is 2.53. The highest BCUT2D eigenvalue weighted by atomic mass is 19.4. The molecule has 1 aliphatic carbocycles. The van der Waals surface area contributed by atoms with Crippen molar-refractivity contribution in [3.05, 3.63) is 23.7 Å². The molecule has 1 N–H and O–H groups in total. The Morgan fingerprint density at radius 2 is 2.00 bits per heavy atom. The van der Waals surface area contributed by atoms with Crippen molar-refractivity contribution in [1.82, 2.24) is 10.2 Å². The summed E-state index contributed by atoms with van der Waals surface area (Å²) < 4.78 is 41.9. The van der Waals surface area contributed by atoms with Gasteiger partial charge in [0.05, 0.1) is 19.6 Å². The van der Waals surface area contributed by atoms with Gasteiger partial charge in [-0.3, -0.25) is 4.90 Å². The van der Waals surface area contributed by atoms with E-state index in [0.717, 1.165) is 5.76 Å². The van der Waals surface area contributed by atoms with E-state index in [9.17, 15) is 13.2 Å². The highest BCUT2D eigenvalue weighted by Gasteiger charge is 2.29. The number of furan rings is 1. The van der Waals surface area contributed by atoms with Crippen molar-refractivity contribution < 1.29 is 17.6 Å². The number of nitrogens with one attached hydrogen (secondary N) is 1. The van der Waals surface area contributed by atoms with Crippen molar-refractivity contribution in [1.29, 1.82) is 0 Å². The maximum atomic E-state index is 12.1. The number of rotatable bonds is 6. The van der Waals surface area contributed by atoms with Gasteiger partial charge in [0.15, 0.2) is 0 Å². The second-order valence-electron chi connectivity index (χ2n) is 4.81. The molecule has 0 spiro atoms. The van der Waals surface area contributed by atoms with E-state index in [1.807, 2.05) is 6.07 Å². The van der Waals surface area contributed by atoms with E-state index in [1.165, 1.54) is 24.8 Å². The number of hydrogen-bond acceptors (Lipinski definition) is 3. The Hall–Kier alpha value is -1.01. The van der Waals surface area contributed by atoms with E-state index < -0.39 is 12.7 Å². The van der Waals surface area contributed by atoms with Crippen molar-refractivity contribution >= 4 is 0 Å². The quantitative estimate of drug-likeness (QED) is 0.854. The van der Waals surface area contributed by atoms with Crippen molar-refractivity contribution in [3.8, 4) is 0 Å². The Balaban J connectivity index is 1.77. The summed E-state index contributed by atoms with van der Waals surface area (Å²) in [6, 6.07) is 4.13. The Bertz CT molecular complexity index is 385. The van der Waals surface area contributed by atoms with Crippen LogP contribution in [0, 0.1) is 0 Å². The van der Waals surface area contributed by atoms with E-state index in [4.69, 9.17) is 4.42 Å². The molecule has 0 amide bonds. The summed E-state index contributed by atoms with van der Waals surface area (Å²) in [6.07, 6.45) is -1.78. The lowest BCUT2D eigenvalue weighted by molar-refractivity contribution is -0.144. The van der Waals surface area contributed by atoms with Gasteiger partial charge in [0.25, 0.3) is 0 Å². The predicted molar refractivity (Wildman–Crippen MR) is 61.0 cm³/mol. The highest BCUT2D eigenvalue weighted by molar-refractivity contribution is 5.07. The molecule has 1 aliphatic rings. The largest absolute Gasteiger partial charge is 0.463 e. The van der Waals surface area contributed by atoms with Crippen LogP contribution in [0.5, 0.6) is 0 Å². The molecular weight excluding hydrogens is 245 g/mol. The van der Waals surface area contributed by atoms with E-state index in [1.54, 1.807) is 6.07 Å². The summed E-state index contributed by atoms with van der Waals surface area (Å²) in [5, 5.41) is 3.29. The van der Waals surface area contributed by atoms with Gasteiger partial charge in [0.1, 0.15) is 11.5 Å². The van der Waals surface area contributed by atoms with Crippen LogP contribution in [0.25, 0.3) is 0 Å². The van der Waals surface area contributed by atoms with Crippen LogP contribution in [0.3, 0.4) is 0 Å². The summed E-state index contributed by atoms with van der Waals surface area (Å²) in [6.45, 7) is -0.111.